The number of hydrogen-bond donors (Lipinski definition) is 2. The third kappa shape index (κ3) is 4.32. The Balaban J connectivity index is 2.71. The van der Waals surface area contributed by atoms with E-state index in [-0.39, 0.29) is 29.0 Å². The van der Waals surface area contributed by atoms with Crippen molar-refractivity contribution in [2.75, 3.05) is 0 Å². The number of rotatable bonds is 5. The molecule has 0 bridgehead atoms. The molecule has 0 aliphatic carbocycles. The van der Waals surface area contributed by atoms with Gasteiger partial charge in [0.2, 0.25) is 0 Å². The van der Waals surface area contributed by atoms with E-state index in [9.17, 15) is 20.3 Å². The first-order chi connectivity index (χ1) is 11.7. The van der Waals surface area contributed by atoms with E-state index in [1.54, 1.807) is 0 Å². The molecule has 0 saturated carbocycles. The second-order valence-electron chi connectivity index (χ2n) is 6.37. The Morgan fingerprint density at radius 1 is 1.00 bits per heavy atom. The lowest BCUT2D eigenvalue weighted by atomic mass is 10.1. The van der Waals surface area contributed by atoms with Crippen molar-refractivity contribution >= 4 is 28.9 Å². The van der Waals surface area contributed by atoms with E-state index in [2.05, 4.69) is 9.97 Å². The average Bonchev–Trinajstić information content (AvgIpc) is 2.54. The van der Waals surface area contributed by atoms with Gasteiger partial charge in [0.25, 0.3) is 5.69 Å². The van der Waals surface area contributed by atoms with Gasteiger partial charge in [-0.1, -0.05) is 27.7 Å². The second-order valence-corrected chi connectivity index (χ2v) is 6.37. The monoisotopic (exact) mass is 343 g/mol. The van der Waals surface area contributed by atoms with Crippen LogP contribution in [0.5, 0.6) is 0 Å². The topological polar surface area (TPSA) is 109 Å². The van der Waals surface area contributed by atoms with Crippen molar-refractivity contribution in [1.29, 1.82) is 0 Å². The summed E-state index contributed by atoms with van der Waals surface area (Å²) >= 11 is 0. The van der Waals surface area contributed by atoms with E-state index in [1.807, 2.05) is 27.7 Å². The Labute approximate surface area is 145 Å². The van der Waals surface area contributed by atoms with Crippen LogP contribution in [0.1, 0.15) is 39.1 Å². The standard InChI is InChI=1S/C18H21N3O4/c1-10(2)17(22)8-15-16(9-18(23)11(3)4)20-14-7-12(21(24)25)5-6-13(14)19-15/h5-11,22-23H,1-4H3/b17-8-,18-9+. The van der Waals surface area contributed by atoms with E-state index in [0.717, 1.165) is 0 Å². The van der Waals surface area contributed by atoms with Crippen LogP contribution in [0.2, 0.25) is 0 Å². The van der Waals surface area contributed by atoms with Crippen LogP contribution >= 0.6 is 0 Å². The molecule has 0 saturated heterocycles. The Morgan fingerprint density at radius 2 is 1.48 bits per heavy atom. The van der Waals surface area contributed by atoms with Crippen molar-refractivity contribution in [2.45, 2.75) is 27.7 Å². The van der Waals surface area contributed by atoms with Gasteiger partial charge in [-0.25, -0.2) is 9.97 Å². The molecule has 1 aromatic carbocycles. The van der Waals surface area contributed by atoms with Gasteiger partial charge in [0.1, 0.15) is 0 Å². The first-order valence-electron chi connectivity index (χ1n) is 7.96. The highest BCUT2D eigenvalue weighted by Crippen LogP contribution is 2.23. The Bertz CT molecular complexity index is 870. The largest absolute Gasteiger partial charge is 0.512 e. The molecular formula is C18H21N3O4. The van der Waals surface area contributed by atoms with Gasteiger partial charge in [0.05, 0.1) is 38.9 Å². The highest BCUT2D eigenvalue weighted by molar-refractivity contribution is 5.80. The zero-order valence-electron chi connectivity index (χ0n) is 14.6. The Kier molecular flexibility index (Phi) is 5.36. The number of aromatic nitrogens is 2. The number of benzene rings is 1. The molecule has 1 aromatic heterocycles. The zero-order chi connectivity index (χ0) is 18.7. The minimum Gasteiger partial charge on any atom is -0.512 e. The minimum atomic E-state index is -0.499. The van der Waals surface area contributed by atoms with Crippen LogP contribution in [0.25, 0.3) is 23.2 Å². The molecule has 0 spiro atoms. The van der Waals surface area contributed by atoms with Crippen LogP contribution in [-0.4, -0.2) is 25.1 Å². The fourth-order valence-corrected chi connectivity index (χ4v) is 2.01. The predicted octanol–water partition coefficient (Wildman–Crippen LogP) is 4.65. The van der Waals surface area contributed by atoms with Gasteiger partial charge in [-0.05, 0) is 6.07 Å². The number of non-ortho nitro benzene ring substituents is 1. The molecule has 0 atom stereocenters. The van der Waals surface area contributed by atoms with Gasteiger partial charge in [0.15, 0.2) is 0 Å². The maximum absolute atomic E-state index is 10.9. The number of nitrogens with zero attached hydrogens (tertiary/aromatic N) is 3. The molecule has 25 heavy (non-hydrogen) atoms. The molecule has 2 aromatic rings. The average molecular weight is 343 g/mol. The van der Waals surface area contributed by atoms with Crippen molar-refractivity contribution in [2.24, 2.45) is 11.8 Å². The maximum Gasteiger partial charge on any atom is 0.271 e. The number of nitro benzene ring substituents is 1. The highest BCUT2D eigenvalue weighted by Gasteiger charge is 2.13. The first-order valence-corrected chi connectivity index (χ1v) is 7.96. The lowest BCUT2D eigenvalue weighted by molar-refractivity contribution is -0.384. The van der Waals surface area contributed by atoms with Crippen molar-refractivity contribution in [1.82, 2.24) is 9.97 Å². The number of aliphatic hydroxyl groups excluding tert-OH is 2. The molecule has 1 heterocycles. The van der Waals surface area contributed by atoms with Crippen molar-refractivity contribution < 1.29 is 15.1 Å². The van der Waals surface area contributed by atoms with Crippen LogP contribution in [0.4, 0.5) is 5.69 Å². The molecule has 132 valence electrons. The van der Waals surface area contributed by atoms with Crippen LogP contribution < -0.4 is 0 Å². The fourth-order valence-electron chi connectivity index (χ4n) is 2.01. The fraction of sp³-hybridized carbons (Fsp3) is 0.333. The molecule has 2 rings (SSSR count). The lowest BCUT2D eigenvalue weighted by Gasteiger charge is -2.09. The quantitative estimate of drug-likeness (QED) is 0.464. The van der Waals surface area contributed by atoms with Crippen LogP contribution in [-0.2, 0) is 0 Å². The first kappa shape index (κ1) is 18.4. The zero-order valence-corrected chi connectivity index (χ0v) is 14.6. The third-order valence-corrected chi connectivity index (χ3v) is 3.67. The molecule has 0 radical (unpaired) electrons. The number of fused-ring (bicyclic) bond motifs is 1. The number of nitro groups is 1. The van der Waals surface area contributed by atoms with Crippen LogP contribution in [0.3, 0.4) is 0 Å². The summed E-state index contributed by atoms with van der Waals surface area (Å²) in [6, 6.07) is 4.20. The molecule has 0 fully saturated rings. The van der Waals surface area contributed by atoms with E-state index in [1.165, 1.54) is 30.4 Å². The minimum absolute atomic E-state index is 0.0851. The van der Waals surface area contributed by atoms with E-state index < -0.39 is 4.92 Å². The molecular weight excluding hydrogens is 322 g/mol. The SMILES string of the molecule is CC(C)/C(O)=C/c1nc2ccc([N+](=O)[O-])cc2nc1/C=C(/O)C(C)C. The van der Waals surface area contributed by atoms with E-state index >= 15 is 0 Å². The summed E-state index contributed by atoms with van der Waals surface area (Å²) in [5, 5.41) is 31.1. The number of hydrogen-bond acceptors (Lipinski definition) is 6. The van der Waals surface area contributed by atoms with Gasteiger partial charge in [-0.3, -0.25) is 10.1 Å². The molecule has 0 aliphatic heterocycles. The van der Waals surface area contributed by atoms with E-state index in [0.29, 0.717) is 22.4 Å². The number of aliphatic hydroxyl groups is 2. The summed E-state index contributed by atoms with van der Waals surface area (Å²) in [5.74, 6) is 0.0371. The van der Waals surface area contributed by atoms with E-state index in [4.69, 9.17) is 0 Å². The van der Waals surface area contributed by atoms with Crippen LogP contribution in [0, 0.1) is 22.0 Å². The molecule has 0 amide bonds. The van der Waals surface area contributed by atoms with Gasteiger partial charge < -0.3 is 10.2 Å². The van der Waals surface area contributed by atoms with Gasteiger partial charge in [-0.2, -0.15) is 0 Å². The summed E-state index contributed by atoms with van der Waals surface area (Å²) in [6.45, 7) is 7.33. The van der Waals surface area contributed by atoms with Crippen molar-refractivity contribution in [3.8, 4) is 0 Å². The summed E-state index contributed by atoms with van der Waals surface area (Å²) < 4.78 is 0. The summed E-state index contributed by atoms with van der Waals surface area (Å²) in [4.78, 5) is 19.3. The number of allylic oxidation sites excluding steroid dienone is 2. The molecule has 0 aliphatic rings. The van der Waals surface area contributed by atoms with Gasteiger partial charge in [-0.15, -0.1) is 0 Å². The highest BCUT2D eigenvalue weighted by atomic mass is 16.6. The van der Waals surface area contributed by atoms with Gasteiger partial charge >= 0.3 is 0 Å². The summed E-state index contributed by atoms with van der Waals surface area (Å²) in [5.41, 5.74) is 1.46. The summed E-state index contributed by atoms with van der Waals surface area (Å²) in [7, 11) is 0. The maximum atomic E-state index is 10.9. The lowest BCUT2D eigenvalue weighted by Crippen LogP contribution is -2.00. The van der Waals surface area contributed by atoms with Gasteiger partial charge in [0, 0.05) is 36.1 Å². The molecule has 7 heteroatoms. The normalized spacial score (nSPS) is 13.0. The summed E-state index contributed by atoms with van der Waals surface area (Å²) in [6.07, 6.45) is 2.97. The third-order valence-electron chi connectivity index (χ3n) is 3.67. The Hall–Kier alpha value is -2.96. The smallest absolute Gasteiger partial charge is 0.271 e. The Morgan fingerprint density at radius 3 is 1.92 bits per heavy atom. The molecule has 2 N–H and O–H groups in total. The predicted molar refractivity (Wildman–Crippen MR) is 97.1 cm³/mol. The van der Waals surface area contributed by atoms with Crippen LogP contribution in [0.15, 0.2) is 29.7 Å². The molecule has 0 unspecified atom stereocenters. The van der Waals surface area contributed by atoms with Crippen molar-refractivity contribution in [3.63, 3.8) is 0 Å². The molecule has 7 nitrogen and oxygen atoms in total. The van der Waals surface area contributed by atoms with Crippen molar-refractivity contribution in [3.05, 3.63) is 51.2 Å². The second kappa shape index (κ2) is 7.29.